The van der Waals surface area contributed by atoms with Crippen LogP contribution in [-0.2, 0) is 23.1 Å². The molecule has 2 atom stereocenters. The number of nitrogens with one attached hydrogen (secondary N) is 1. The average Bonchev–Trinajstić information content (AvgIpc) is 3.56. The SMILES string of the molecule is CC[N+]1=C(C=C2C([O-])C(=C3C(=O)N(c4ccccc4)[NH+]=C3C(F)(F)F)C2[O-])C(Cc2ccccc2)(Cc2ccccc2)c2cc(C)ccc21. The molecule has 1 amide bonds. The molecule has 7 rings (SSSR count). The normalized spacial score (nSPS) is 20.1. The fraction of sp³-hybridized carbons (Fsp3) is 0.225. The Morgan fingerprint density at radius 1 is 0.857 bits per heavy atom. The Hall–Kier alpha value is -5.12. The molecule has 0 spiro atoms. The molecule has 2 aliphatic heterocycles. The molecule has 0 bridgehead atoms. The van der Waals surface area contributed by atoms with Gasteiger partial charge in [-0.25, -0.2) is 0 Å². The van der Waals surface area contributed by atoms with Crippen molar-refractivity contribution < 1.29 is 37.9 Å². The molecule has 2 heterocycles. The number of alkyl halides is 3. The molecule has 3 aliphatic rings. The zero-order valence-electron chi connectivity index (χ0n) is 27.0. The summed E-state index contributed by atoms with van der Waals surface area (Å²) in [6.45, 7) is 4.54. The third-order valence-electron chi connectivity index (χ3n) is 9.70. The Morgan fingerprint density at radius 3 is 1.94 bits per heavy atom. The topological polar surface area (TPSA) is 83.4 Å². The van der Waals surface area contributed by atoms with Crippen LogP contribution < -0.4 is 20.3 Å². The molecule has 0 radical (unpaired) electrons. The lowest BCUT2D eigenvalue weighted by atomic mass is 9.67. The number of carbonyl (C=O) groups excluding carboxylic acids is 1. The first-order chi connectivity index (χ1) is 23.5. The van der Waals surface area contributed by atoms with Gasteiger partial charge in [-0.15, -0.1) is 5.10 Å². The van der Waals surface area contributed by atoms with Crippen molar-refractivity contribution in [2.75, 3.05) is 11.6 Å². The summed E-state index contributed by atoms with van der Waals surface area (Å²) in [7, 11) is 0. The van der Waals surface area contributed by atoms with E-state index in [2.05, 4.69) is 15.7 Å². The maximum Gasteiger partial charge on any atom is 0.480 e. The fourth-order valence-corrected chi connectivity index (χ4v) is 7.45. The van der Waals surface area contributed by atoms with Crippen LogP contribution in [0.4, 0.5) is 24.5 Å². The zero-order chi connectivity index (χ0) is 34.5. The molecule has 9 heteroatoms. The van der Waals surface area contributed by atoms with Crippen LogP contribution in [0.1, 0.15) is 29.2 Å². The second-order valence-electron chi connectivity index (χ2n) is 12.8. The number of hydrogen-bond acceptors (Lipinski definition) is 3. The van der Waals surface area contributed by atoms with Gasteiger partial charge in [-0.1, -0.05) is 119 Å². The maximum atomic E-state index is 14.3. The Labute approximate surface area is 282 Å². The van der Waals surface area contributed by atoms with Crippen LogP contribution in [0, 0.1) is 6.92 Å². The van der Waals surface area contributed by atoms with Crippen molar-refractivity contribution in [2.24, 2.45) is 0 Å². The van der Waals surface area contributed by atoms with Crippen LogP contribution in [0.15, 0.2) is 132 Å². The number of hydrazone groups is 1. The highest BCUT2D eigenvalue weighted by molar-refractivity contribution is 6.29. The van der Waals surface area contributed by atoms with Crippen molar-refractivity contribution in [1.82, 2.24) is 0 Å². The number of fused-ring (bicyclic) bond motifs is 1. The Balaban J connectivity index is 1.38. The number of hydrazine groups is 1. The number of amides is 1. The molecular weight excluding hydrogens is 627 g/mol. The van der Waals surface area contributed by atoms with Crippen molar-refractivity contribution in [2.45, 2.75) is 50.5 Å². The third kappa shape index (κ3) is 5.53. The number of aryl methyl sites for hydroxylation is 1. The first kappa shape index (κ1) is 32.4. The van der Waals surface area contributed by atoms with Crippen molar-refractivity contribution in [3.8, 4) is 0 Å². The summed E-state index contributed by atoms with van der Waals surface area (Å²) in [6.07, 6.45) is -6.11. The van der Waals surface area contributed by atoms with Crippen molar-refractivity contribution in [3.63, 3.8) is 0 Å². The molecule has 1 fully saturated rings. The van der Waals surface area contributed by atoms with Gasteiger partial charge in [0.25, 0.3) is 0 Å². The van der Waals surface area contributed by atoms with Gasteiger partial charge >= 0.3 is 17.8 Å². The van der Waals surface area contributed by atoms with E-state index in [1.807, 2.05) is 86.6 Å². The van der Waals surface area contributed by atoms with Gasteiger partial charge in [-0.3, -0.25) is 4.79 Å². The van der Waals surface area contributed by atoms with Crippen LogP contribution in [-0.4, -0.2) is 46.8 Å². The van der Waals surface area contributed by atoms with E-state index in [0.717, 1.165) is 38.7 Å². The molecule has 4 aromatic rings. The van der Waals surface area contributed by atoms with Gasteiger partial charge in [0.15, 0.2) is 5.71 Å². The highest BCUT2D eigenvalue weighted by atomic mass is 19.4. The van der Waals surface area contributed by atoms with E-state index in [4.69, 9.17) is 0 Å². The van der Waals surface area contributed by atoms with Gasteiger partial charge in [0.2, 0.25) is 5.69 Å². The van der Waals surface area contributed by atoms with E-state index < -0.39 is 46.6 Å². The van der Waals surface area contributed by atoms with E-state index in [-0.39, 0.29) is 11.3 Å². The van der Waals surface area contributed by atoms with Crippen LogP contribution in [0.2, 0.25) is 0 Å². The maximum absolute atomic E-state index is 14.3. The number of allylic oxidation sites excluding steroid dienone is 1. The monoisotopic (exact) mass is 661 g/mol. The molecule has 6 nitrogen and oxygen atoms in total. The summed E-state index contributed by atoms with van der Waals surface area (Å²) in [4.78, 5) is 13.5. The minimum Gasteiger partial charge on any atom is -0.846 e. The zero-order valence-corrected chi connectivity index (χ0v) is 27.0. The van der Waals surface area contributed by atoms with Gasteiger partial charge in [0.1, 0.15) is 17.8 Å². The number of para-hydroxylation sites is 1. The van der Waals surface area contributed by atoms with Crippen LogP contribution in [0.25, 0.3) is 0 Å². The van der Waals surface area contributed by atoms with E-state index in [1.165, 1.54) is 12.1 Å². The molecular formula is C40H34F3N3O3. The minimum atomic E-state index is -5.00. The number of benzene rings is 4. The van der Waals surface area contributed by atoms with E-state index in [1.54, 1.807) is 24.3 Å². The second kappa shape index (κ2) is 12.4. The largest absolute Gasteiger partial charge is 0.846 e. The second-order valence-corrected chi connectivity index (χ2v) is 12.8. The molecule has 1 N–H and O–H groups in total. The summed E-state index contributed by atoms with van der Waals surface area (Å²) in [5.41, 5.74) is 2.39. The lowest BCUT2D eigenvalue weighted by Gasteiger charge is -2.52. The minimum absolute atomic E-state index is 0.0848. The summed E-state index contributed by atoms with van der Waals surface area (Å²) < 4.78 is 45.1. The number of halogens is 3. The van der Waals surface area contributed by atoms with Gasteiger partial charge in [0.05, 0.1) is 5.41 Å². The number of nitrogens with zero attached hydrogens (tertiary/aromatic N) is 2. The number of anilines is 1. The summed E-state index contributed by atoms with van der Waals surface area (Å²) in [5.74, 6) is -1.08. The van der Waals surface area contributed by atoms with Crippen molar-refractivity contribution in [3.05, 3.63) is 154 Å². The predicted octanol–water partition coefficient (Wildman–Crippen LogP) is 3.58. The quantitative estimate of drug-likeness (QED) is 0.243. The first-order valence-corrected chi connectivity index (χ1v) is 16.3. The molecule has 2 unspecified atom stereocenters. The van der Waals surface area contributed by atoms with E-state index in [9.17, 15) is 28.2 Å². The smallest absolute Gasteiger partial charge is 0.480 e. The summed E-state index contributed by atoms with van der Waals surface area (Å²) >= 11 is 0. The van der Waals surface area contributed by atoms with Gasteiger partial charge < -0.3 is 10.2 Å². The first-order valence-electron chi connectivity index (χ1n) is 16.3. The van der Waals surface area contributed by atoms with Crippen LogP contribution in [0.3, 0.4) is 0 Å². The highest BCUT2D eigenvalue weighted by Crippen LogP contribution is 2.47. The van der Waals surface area contributed by atoms with Crippen molar-refractivity contribution in [1.29, 1.82) is 0 Å². The number of carbonyl (C=O) groups is 1. The van der Waals surface area contributed by atoms with Crippen LogP contribution in [0.5, 0.6) is 0 Å². The van der Waals surface area contributed by atoms with Crippen LogP contribution >= 0.6 is 0 Å². The van der Waals surface area contributed by atoms with Crippen molar-refractivity contribution >= 4 is 28.7 Å². The molecule has 1 saturated carbocycles. The number of hydrogen-bond donors (Lipinski definition) is 1. The summed E-state index contributed by atoms with van der Waals surface area (Å²) in [5, 5.41) is 30.9. The van der Waals surface area contributed by atoms with Gasteiger partial charge in [0, 0.05) is 17.7 Å². The Kier molecular flexibility index (Phi) is 8.21. The Morgan fingerprint density at radius 2 is 1.41 bits per heavy atom. The number of rotatable bonds is 7. The fourth-order valence-electron chi connectivity index (χ4n) is 7.45. The molecule has 0 saturated heterocycles. The Bertz CT molecular complexity index is 2000. The van der Waals surface area contributed by atoms with E-state index >= 15 is 0 Å². The molecule has 248 valence electrons. The average molecular weight is 662 g/mol. The van der Waals surface area contributed by atoms with E-state index in [0.29, 0.717) is 19.4 Å². The standard InChI is InChI=1S/C40H33F3N3O3/c1-3-45-31-20-19-25(2)21-30(31)39(23-26-13-7-4-8-14-26,24-27-15-9-5-10-16-27)32(45)22-29-35(47)33(36(29)48)34-37(40(41,42)43)44-46(38(34)49)28-17-11-6-12-18-28/h4-22,35-36H,3,23-24H2,1-2H3/q-1/p+1. The molecule has 0 aromatic heterocycles. The van der Waals surface area contributed by atoms with Gasteiger partial charge in [-0.2, -0.15) is 17.7 Å². The predicted molar refractivity (Wildman–Crippen MR) is 177 cm³/mol. The lowest BCUT2D eigenvalue weighted by Crippen LogP contribution is -2.83. The molecule has 49 heavy (non-hydrogen) atoms. The molecule has 4 aromatic carbocycles. The lowest BCUT2D eigenvalue weighted by molar-refractivity contribution is -0.466. The third-order valence-corrected chi connectivity index (χ3v) is 9.70. The highest BCUT2D eigenvalue weighted by Gasteiger charge is 2.56. The molecule has 1 aliphatic carbocycles. The van der Waals surface area contributed by atoms with Gasteiger partial charge in [-0.05, 0) is 56.0 Å². The summed E-state index contributed by atoms with van der Waals surface area (Å²) in [6, 6.07) is 34.0.